The number of thiophene rings is 1. The number of amides is 1. The predicted molar refractivity (Wildman–Crippen MR) is 107 cm³/mol. The quantitative estimate of drug-likeness (QED) is 0.688. The van der Waals surface area contributed by atoms with Crippen LogP contribution in [0.1, 0.15) is 54.5 Å². The third-order valence-corrected chi connectivity index (χ3v) is 5.69. The lowest BCUT2D eigenvalue weighted by molar-refractivity contribution is 0.0678. The van der Waals surface area contributed by atoms with Crippen LogP contribution in [0.4, 0.5) is 0 Å². The van der Waals surface area contributed by atoms with E-state index < -0.39 is 0 Å². The summed E-state index contributed by atoms with van der Waals surface area (Å²) in [5.41, 5.74) is 1.82. The van der Waals surface area contributed by atoms with Crippen molar-refractivity contribution in [1.29, 1.82) is 0 Å². The first kappa shape index (κ1) is 19.5. The Bertz CT molecular complexity index is 774. The number of ether oxygens (including phenoxy) is 3. The molecule has 3 rings (SSSR count). The van der Waals surface area contributed by atoms with Crippen molar-refractivity contribution in [3.05, 3.63) is 39.6 Å². The molecule has 0 radical (unpaired) electrons. The molecule has 0 aliphatic carbocycles. The lowest BCUT2D eigenvalue weighted by Gasteiger charge is -2.34. The molecule has 0 spiro atoms. The SMILES string of the molecule is CCOc1cc(C(=O)N2CCc3sccc3[C@@H]2C)cc(OCC)c1OCC. The highest BCUT2D eigenvalue weighted by molar-refractivity contribution is 7.10. The van der Waals surface area contributed by atoms with E-state index in [0.29, 0.717) is 49.2 Å². The van der Waals surface area contributed by atoms with E-state index in [2.05, 4.69) is 18.4 Å². The Morgan fingerprint density at radius 2 is 1.74 bits per heavy atom. The van der Waals surface area contributed by atoms with Crippen LogP contribution in [0.5, 0.6) is 17.2 Å². The zero-order valence-electron chi connectivity index (χ0n) is 16.4. The first-order chi connectivity index (χ1) is 13.1. The van der Waals surface area contributed by atoms with Gasteiger partial charge in [-0.15, -0.1) is 11.3 Å². The zero-order chi connectivity index (χ0) is 19.4. The van der Waals surface area contributed by atoms with Crippen molar-refractivity contribution in [3.63, 3.8) is 0 Å². The molecule has 1 aromatic heterocycles. The summed E-state index contributed by atoms with van der Waals surface area (Å²) in [5, 5.41) is 2.10. The van der Waals surface area contributed by atoms with Crippen LogP contribution in [-0.4, -0.2) is 37.2 Å². The molecule has 2 heterocycles. The molecule has 0 saturated heterocycles. The smallest absolute Gasteiger partial charge is 0.254 e. The molecular formula is C21H27NO4S. The van der Waals surface area contributed by atoms with Crippen molar-refractivity contribution in [1.82, 2.24) is 4.90 Å². The average Bonchev–Trinajstić information content (AvgIpc) is 3.14. The first-order valence-corrected chi connectivity index (χ1v) is 10.4. The Balaban J connectivity index is 1.96. The van der Waals surface area contributed by atoms with E-state index in [4.69, 9.17) is 14.2 Å². The summed E-state index contributed by atoms with van der Waals surface area (Å²) in [6.07, 6.45) is 0.900. The molecule has 0 fully saturated rings. The summed E-state index contributed by atoms with van der Waals surface area (Å²) in [6, 6.07) is 5.73. The van der Waals surface area contributed by atoms with Crippen LogP contribution in [-0.2, 0) is 6.42 Å². The molecule has 1 aromatic carbocycles. The fourth-order valence-corrected chi connectivity index (χ4v) is 4.43. The number of carbonyl (C=O) groups is 1. The van der Waals surface area contributed by atoms with Gasteiger partial charge in [-0.05, 0) is 63.3 Å². The number of benzene rings is 1. The molecular weight excluding hydrogens is 362 g/mol. The van der Waals surface area contributed by atoms with Crippen molar-refractivity contribution in [3.8, 4) is 17.2 Å². The molecule has 0 N–H and O–H groups in total. The van der Waals surface area contributed by atoms with Gasteiger partial charge in [0.25, 0.3) is 5.91 Å². The number of hydrogen-bond donors (Lipinski definition) is 0. The number of carbonyl (C=O) groups excluding carboxylic acids is 1. The maximum Gasteiger partial charge on any atom is 0.254 e. The van der Waals surface area contributed by atoms with Gasteiger partial charge in [-0.2, -0.15) is 0 Å². The Hall–Kier alpha value is -2.21. The number of hydrogen-bond acceptors (Lipinski definition) is 5. The number of fused-ring (bicyclic) bond motifs is 1. The van der Waals surface area contributed by atoms with Crippen molar-refractivity contribution >= 4 is 17.2 Å². The van der Waals surface area contributed by atoms with Gasteiger partial charge in [-0.1, -0.05) is 0 Å². The molecule has 0 unspecified atom stereocenters. The molecule has 27 heavy (non-hydrogen) atoms. The normalized spacial score (nSPS) is 16.0. The first-order valence-electron chi connectivity index (χ1n) is 9.54. The van der Waals surface area contributed by atoms with Crippen LogP contribution >= 0.6 is 11.3 Å². The van der Waals surface area contributed by atoms with E-state index >= 15 is 0 Å². The molecule has 2 aromatic rings. The van der Waals surface area contributed by atoms with E-state index in [1.54, 1.807) is 23.5 Å². The maximum absolute atomic E-state index is 13.3. The van der Waals surface area contributed by atoms with Gasteiger partial charge in [0.05, 0.1) is 25.9 Å². The molecule has 5 nitrogen and oxygen atoms in total. The highest BCUT2D eigenvalue weighted by Crippen LogP contribution is 2.40. The molecule has 0 bridgehead atoms. The van der Waals surface area contributed by atoms with Crippen LogP contribution in [0.3, 0.4) is 0 Å². The second-order valence-electron chi connectivity index (χ2n) is 6.32. The van der Waals surface area contributed by atoms with E-state index in [-0.39, 0.29) is 11.9 Å². The molecule has 0 saturated carbocycles. The lowest BCUT2D eigenvalue weighted by Crippen LogP contribution is -2.38. The summed E-state index contributed by atoms with van der Waals surface area (Å²) in [4.78, 5) is 16.6. The Morgan fingerprint density at radius 3 is 2.33 bits per heavy atom. The molecule has 146 valence electrons. The fourth-order valence-electron chi connectivity index (χ4n) is 3.46. The molecule has 1 aliphatic heterocycles. The second-order valence-corrected chi connectivity index (χ2v) is 7.32. The van der Waals surface area contributed by atoms with E-state index in [1.165, 1.54) is 10.4 Å². The highest BCUT2D eigenvalue weighted by atomic mass is 32.1. The zero-order valence-corrected chi connectivity index (χ0v) is 17.2. The van der Waals surface area contributed by atoms with Crippen LogP contribution < -0.4 is 14.2 Å². The van der Waals surface area contributed by atoms with Gasteiger partial charge in [-0.25, -0.2) is 0 Å². The van der Waals surface area contributed by atoms with Crippen molar-refractivity contribution in [2.45, 2.75) is 40.2 Å². The van der Waals surface area contributed by atoms with Crippen LogP contribution in [0, 0.1) is 0 Å². The third-order valence-electron chi connectivity index (χ3n) is 4.69. The molecule has 1 amide bonds. The number of rotatable bonds is 7. The van der Waals surface area contributed by atoms with Crippen molar-refractivity contribution < 1.29 is 19.0 Å². The summed E-state index contributed by atoms with van der Waals surface area (Å²) < 4.78 is 17.2. The average molecular weight is 390 g/mol. The summed E-state index contributed by atoms with van der Waals surface area (Å²) >= 11 is 1.77. The van der Waals surface area contributed by atoms with Gasteiger partial charge >= 0.3 is 0 Å². The van der Waals surface area contributed by atoms with Gasteiger partial charge in [0.2, 0.25) is 5.75 Å². The second kappa shape index (κ2) is 8.65. The summed E-state index contributed by atoms with van der Waals surface area (Å²) in [5.74, 6) is 1.65. The standard InChI is InChI=1S/C21H27NO4S/c1-5-24-17-12-15(13-18(25-6-2)20(17)26-7-3)21(23)22-10-8-19-16(14(22)4)9-11-27-19/h9,11-14H,5-8,10H2,1-4H3/t14-/m0/s1. The summed E-state index contributed by atoms with van der Waals surface area (Å²) in [6.45, 7) is 10.0. The van der Waals surface area contributed by atoms with Crippen molar-refractivity contribution in [2.75, 3.05) is 26.4 Å². The third kappa shape index (κ3) is 3.90. The Labute approximate surface area is 164 Å². The topological polar surface area (TPSA) is 48.0 Å². The molecule has 6 heteroatoms. The largest absolute Gasteiger partial charge is 0.490 e. The predicted octanol–water partition coefficient (Wildman–Crippen LogP) is 4.70. The van der Waals surface area contributed by atoms with Crippen LogP contribution in [0.15, 0.2) is 23.6 Å². The fraction of sp³-hybridized carbons (Fsp3) is 0.476. The van der Waals surface area contributed by atoms with Crippen LogP contribution in [0.2, 0.25) is 0 Å². The number of nitrogens with zero attached hydrogens (tertiary/aromatic N) is 1. The van der Waals surface area contributed by atoms with Gasteiger partial charge in [0.1, 0.15) is 0 Å². The maximum atomic E-state index is 13.3. The van der Waals surface area contributed by atoms with Gasteiger partial charge < -0.3 is 19.1 Å². The highest BCUT2D eigenvalue weighted by Gasteiger charge is 2.30. The Morgan fingerprint density at radius 1 is 1.11 bits per heavy atom. The minimum Gasteiger partial charge on any atom is -0.490 e. The van der Waals surface area contributed by atoms with Gasteiger partial charge in [0, 0.05) is 17.0 Å². The van der Waals surface area contributed by atoms with E-state index in [1.807, 2.05) is 25.7 Å². The monoisotopic (exact) mass is 389 g/mol. The summed E-state index contributed by atoms with van der Waals surface area (Å²) in [7, 11) is 0. The Kier molecular flexibility index (Phi) is 6.26. The van der Waals surface area contributed by atoms with Crippen LogP contribution in [0.25, 0.3) is 0 Å². The van der Waals surface area contributed by atoms with E-state index in [0.717, 1.165) is 6.42 Å². The lowest BCUT2D eigenvalue weighted by atomic mass is 10.00. The molecule has 1 aliphatic rings. The minimum atomic E-state index is -0.00990. The minimum absolute atomic E-state index is 0.00990. The van der Waals surface area contributed by atoms with E-state index in [9.17, 15) is 4.79 Å². The molecule has 1 atom stereocenters. The van der Waals surface area contributed by atoms with Gasteiger partial charge in [-0.3, -0.25) is 4.79 Å². The van der Waals surface area contributed by atoms with Crippen molar-refractivity contribution in [2.24, 2.45) is 0 Å². The van der Waals surface area contributed by atoms with Gasteiger partial charge in [0.15, 0.2) is 11.5 Å².